The molecule has 0 spiro atoms. The maximum absolute atomic E-state index is 12.7. The van der Waals surface area contributed by atoms with Gasteiger partial charge in [0, 0.05) is 52.3 Å². The zero-order valence-electron chi connectivity index (χ0n) is 44.0. The fourth-order valence-corrected chi connectivity index (χ4v) is 6.68. The highest BCUT2D eigenvalue weighted by Crippen LogP contribution is 2.26. The van der Waals surface area contributed by atoms with Crippen LogP contribution in [0.5, 0.6) is 0 Å². The van der Waals surface area contributed by atoms with E-state index >= 15 is 0 Å². The van der Waals surface area contributed by atoms with Crippen molar-refractivity contribution in [2.75, 3.05) is 39.1 Å². The van der Waals surface area contributed by atoms with Crippen LogP contribution in [0.4, 0.5) is 45.5 Å². The van der Waals surface area contributed by atoms with Crippen molar-refractivity contribution in [3.63, 3.8) is 0 Å². The van der Waals surface area contributed by atoms with E-state index in [0.29, 0.717) is 34.1 Å². The first kappa shape index (κ1) is 61.8. The van der Waals surface area contributed by atoms with Crippen LogP contribution in [-0.4, -0.2) is 102 Å². The number of nitro benzene ring substituents is 2. The highest BCUT2D eigenvalue weighted by molar-refractivity contribution is 6.09. The number of benzene rings is 7. The molecule has 83 heavy (non-hydrogen) atoms. The fourth-order valence-electron chi connectivity index (χ4n) is 6.68. The van der Waals surface area contributed by atoms with E-state index in [1.807, 2.05) is 0 Å². The second-order valence-corrected chi connectivity index (χ2v) is 16.5. The summed E-state index contributed by atoms with van der Waals surface area (Å²) in [6, 6.07) is 35.0. The molecule has 0 unspecified atom stereocenters. The number of aromatic carboxylic acids is 2. The van der Waals surface area contributed by atoms with Crippen molar-refractivity contribution in [2.24, 2.45) is 20.5 Å². The fraction of sp³-hybridized carbons (Fsp3) is 0.0893. The summed E-state index contributed by atoms with van der Waals surface area (Å²) in [4.78, 5) is 126. The van der Waals surface area contributed by atoms with Gasteiger partial charge in [-0.3, -0.25) is 34.6 Å². The number of rotatable bonds is 17. The molecule has 0 heterocycles. The summed E-state index contributed by atoms with van der Waals surface area (Å²) in [7, 11) is 4.70. The summed E-state index contributed by atoms with van der Waals surface area (Å²) in [6.45, 7) is 1.28. The number of hydrogen-bond acceptors (Lipinski definition) is 21. The van der Waals surface area contributed by atoms with Crippen molar-refractivity contribution in [2.45, 2.75) is 6.92 Å². The van der Waals surface area contributed by atoms with Crippen LogP contribution in [0.2, 0.25) is 0 Å². The number of Topliss-reactive ketones (excluding diaryl/α,β-unsaturated/α-hetero) is 1. The number of methoxy groups -OCH3 is 4. The summed E-state index contributed by atoms with van der Waals surface area (Å²) in [5.41, 5.74) is 2.49. The Morgan fingerprint density at radius 1 is 0.373 bits per heavy atom. The number of hydrogen-bond donors (Lipinski definition) is 4. The Morgan fingerprint density at radius 2 is 0.602 bits per heavy atom. The second-order valence-electron chi connectivity index (χ2n) is 16.5. The third-order valence-electron chi connectivity index (χ3n) is 10.8. The first-order chi connectivity index (χ1) is 39.5. The summed E-state index contributed by atoms with van der Waals surface area (Å²) < 4.78 is 18.3. The second kappa shape index (κ2) is 29.1. The molecule has 7 aromatic rings. The molecule has 0 atom stereocenters. The number of anilines is 2. The molecule has 27 nitrogen and oxygen atoms in total. The minimum Gasteiger partial charge on any atom is -0.478 e. The summed E-state index contributed by atoms with van der Waals surface area (Å²) in [5.74, 6) is -6.84. The molecule has 0 aromatic heterocycles. The molecule has 0 bridgehead atoms. The van der Waals surface area contributed by atoms with Gasteiger partial charge in [0.05, 0.1) is 94.4 Å². The highest BCUT2D eigenvalue weighted by atomic mass is 16.6. The van der Waals surface area contributed by atoms with E-state index in [-0.39, 0.29) is 67.2 Å². The third-order valence-corrected chi connectivity index (χ3v) is 10.8. The van der Waals surface area contributed by atoms with Crippen molar-refractivity contribution in [3.8, 4) is 0 Å². The molecule has 0 aliphatic rings. The number of non-ortho nitro benzene ring substituents is 2. The van der Waals surface area contributed by atoms with Gasteiger partial charge in [0.15, 0.2) is 5.78 Å². The van der Waals surface area contributed by atoms with Gasteiger partial charge in [-0.2, -0.15) is 20.5 Å². The number of nitrogens with one attached hydrogen (secondary N) is 2. The number of ketones is 1. The number of ether oxygens (including phenoxy) is 4. The molecule has 7 aromatic carbocycles. The molecular formula is C56H44N8O19. The number of azo groups is 2. The molecule has 0 aliphatic carbocycles. The van der Waals surface area contributed by atoms with Gasteiger partial charge in [-0.15, -0.1) is 0 Å². The molecule has 4 N–H and O–H groups in total. The van der Waals surface area contributed by atoms with Crippen molar-refractivity contribution < 1.29 is 82.2 Å². The molecule has 2 amide bonds. The monoisotopic (exact) mass is 1130 g/mol. The lowest BCUT2D eigenvalue weighted by molar-refractivity contribution is -0.385. The summed E-state index contributed by atoms with van der Waals surface area (Å²) in [6.07, 6.45) is 0. The number of esters is 4. The van der Waals surface area contributed by atoms with Gasteiger partial charge >= 0.3 is 35.8 Å². The van der Waals surface area contributed by atoms with Gasteiger partial charge in [-0.05, 0) is 134 Å². The Morgan fingerprint density at radius 3 is 0.855 bits per heavy atom. The lowest BCUT2D eigenvalue weighted by Crippen LogP contribution is -2.15. The van der Waals surface area contributed by atoms with Crippen LogP contribution in [0.15, 0.2) is 172 Å². The Hall–Kier alpha value is -12.0. The van der Waals surface area contributed by atoms with Gasteiger partial charge in [0.1, 0.15) is 0 Å². The smallest absolute Gasteiger partial charge is 0.337 e. The van der Waals surface area contributed by atoms with Crippen molar-refractivity contribution in [3.05, 3.63) is 222 Å². The van der Waals surface area contributed by atoms with Crippen LogP contribution >= 0.6 is 0 Å². The molecule has 27 heteroatoms. The summed E-state index contributed by atoms with van der Waals surface area (Å²) >= 11 is 0. The van der Waals surface area contributed by atoms with E-state index in [9.17, 15) is 68.5 Å². The third kappa shape index (κ3) is 18.0. The molecular weight excluding hydrogens is 1090 g/mol. The predicted octanol–water partition coefficient (Wildman–Crippen LogP) is 11.0. The number of nitrogens with zero attached hydrogens (tertiary/aromatic N) is 6. The SMILES string of the molecule is CC(=O)c1cc(C(=O)O)cc(C(=O)Nc2ccc(N=Nc3ccc([N+](=O)[O-])cc3)cc2)c1.COC(=O)c1cc(C(=O)Nc2ccc(N=Nc3ccc([N+](=O)[O-])cc3)cc2)cc(C(=O)OC)c1.COC(=O)c1cc(C(=O)O)cc(C(=O)OC)c1. The number of carboxylic acids is 2. The van der Waals surface area contributed by atoms with E-state index in [1.54, 1.807) is 48.5 Å². The van der Waals surface area contributed by atoms with Gasteiger partial charge in [0.2, 0.25) is 0 Å². The van der Waals surface area contributed by atoms with E-state index in [4.69, 9.17) is 5.11 Å². The van der Waals surface area contributed by atoms with Crippen LogP contribution < -0.4 is 10.6 Å². The molecule has 0 saturated heterocycles. The Balaban J connectivity index is 0.000000241. The number of carbonyl (C=O) groups is 9. The Bertz CT molecular complexity index is 3620. The minimum absolute atomic E-state index is 0.0206. The van der Waals surface area contributed by atoms with Crippen LogP contribution in [-0.2, 0) is 18.9 Å². The van der Waals surface area contributed by atoms with Crippen LogP contribution in [0.25, 0.3) is 0 Å². The average molecular weight is 1130 g/mol. The van der Waals surface area contributed by atoms with Gasteiger partial charge < -0.3 is 39.8 Å². The normalized spacial score (nSPS) is 10.4. The zero-order chi connectivity index (χ0) is 60.9. The van der Waals surface area contributed by atoms with Crippen LogP contribution in [0, 0.1) is 20.2 Å². The number of nitro groups is 2. The quantitative estimate of drug-likeness (QED) is 0.0164. The van der Waals surface area contributed by atoms with E-state index in [2.05, 4.69) is 50.0 Å². The highest BCUT2D eigenvalue weighted by Gasteiger charge is 2.20. The molecule has 0 aliphatic heterocycles. The largest absolute Gasteiger partial charge is 0.478 e. The van der Waals surface area contributed by atoms with Crippen molar-refractivity contribution in [1.82, 2.24) is 0 Å². The minimum atomic E-state index is -1.25. The molecule has 422 valence electrons. The maximum atomic E-state index is 12.7. The standard InChI is InChI=1S/C23H18N4O7.C22H16N4O6.C11H10O6/c1-33-22(29)15-11-14(12-16(13-15)23(30)34-2)21(28)24-17-3-5-18(6-4-17)25-26-19-7-9-20(10-8-19)27(31)32;1-13(27)14-10-15(12-16(11-14)22(29)30)21(28)23-17-2-4-18(5-3-17)24-25-19-6-8-20(9-7-19)26(31)32;1-16-10(14)7-3-6(9(12)13)4-8(5-7)11(15)17-2/h3-13H,1-2H3,(H,24,28);2-12H,1H3,(H,23,28)(H,29,30);3-5H,1-2H3,(H,12,13). The van der Waals surface area contributed by atoms with Crippen molar-refractivity contribution >= 4 is 98.9 Å². The number of amides is 2. The number of carbonyl (C=O) groups excluding carboxylic acids is 7. The van der Waals surface area contributed by atoms with Gasteiger partial charge in [-0.1, -0.05) is 0 Å². The number of carboxylic acid groups (broad SMARTS) is 2. The van der Waals surface area contributed by atoms with Crippen LogP contribution in [0.1, 0.15) is 100 Å². The summed E-state index contributed by atoms with van der Waals surface area (Å²) in [5, 5.41) is 60.8. The Kier molecular flexibility index (Phi) is 21.7. The molecule has 0 saturated carbocycles. The van der Waals surface area contributed by atoms with Crippen molar-refractivity contribution in [1.29, 1.82) is 0 Å². The maximum Gasteiger partial charge on any atom is 0.337 e. The first-order valence-corrected chi connectivity index (χ1v) is 23.4. The van der Waals surface area contributed by atoms with Gasteiger partial charge in [0.25, 0.3) is 23.2 Å². The first-order valence-electron chi connectivity index (χ1n) is 23.4. The lowest BCUT2D eigenvalue weighted by atomic mass is 10.0. The average Bonchev–Trinajstić information content (AvgIpc) is 3.57. The van der Waals surface area contributed by atoms with E-state index < -0.39 is 57.5 Å². The molecule has 0 radical (unpaired) electrons. The molecule has 7 rings (SSSR count). The van der Waals surface area contributed by atoms with Crippen LogP contribution in [0.3, 0.4) is 0 Å². The zero-order valence-corrected chi connectivity index (χ0v) is 44.0. The van der Waals surface area contributed by atoms with E-state index in [0.717, 1.165) is 26.4 Å². The topological polar surface area (TPSA) is 391 Å². The lowest BCUT2D eigenvalue weighted by Gasteiger charge is -2.09. The van der Waals surface area contributed by atoms with Gasteiger partial charge in [-0.25, -0.2) is 28.8 Å². The predicted molar refractivity (Wildman–Crippen MR) is 292 cm³/mol. The Labute approximate surface area is 468 Å². The van der Waals surface area contributed by atoms with E-state index in [1.165, 1.54) is 112 Å². The molecule has 0 fully saturated rings.